The minimum absolute atomic E-state index is 0.396. The van der Waals surface area contributed by atoms with Crippen molar-refractivity contribution < 1.29 is 9.53 Å². The van der Waals surface area contributed by atoms with Crippen LogP contribution < -0.4 is 5.32 Å². The van der Waals surface area contributed by atoms with Gasteiger partial charge in [-0.2, -0.15) is 0 Å². The Bertz CT molecular complexity index is 325. The maximum atomic E-state index is 11.3. The Morgan fingerprint density at radius 2 is 2.47 bits per heavy atom. The summed E-state index contributed by atoms with van der Waals surface area (Å²) >= 11 is 1.49. The van der Waals surface area contributed by atoms with Crippen molar-refractivity contribution in [3.05, 3.63) is 10.4 Å². The van der Waals surface area contributed by atoms with Crippen molar-refractivity contribution >= 4 is 23.2 Å². The second-order valence-corrected chi connectivity index (χ2v) is 4.55. The van der Waals surface area contributed by atoms with Gasteiger partial charge in [0.2, 0.25) is 0 Å². The first-order chi connectivity index (χ1) is 7.11. The zero-order valence-corrected chi connectivity index (χ0v) is 10.1. The molecule has 15 heavy (non-hydrogen) atoms. The molecule has 0 bridgehead atoms. The van der Waals surface area contributed by atoms with Gasteiger partial charge in [-0.3, -0.25) is 5.32 Å². The second-order valence-electron chi connectivity index (χ2n) is 3.49. The smallest absolute Gasteiger partial charge is 0.412 e. The van der Waals surface area contributed by atoms with E-state index in [9.17, 15) is 4.79 Å². The summed E-state index contributed by atoms with van der Waals surface area (Å²) < 4.78 is 5.02. The highest BCUT2D eigenvalue weighted by molar-refractivity contribution is 7.09. The van der Waals surface area contributed by atoms with Gasteiger partial charge in [0, 0.05) is 5.38 Å². The van der Waals surface area contributed by atoms with Crippen LogP contribution in [0, 0.1) is 12.8 Å². The third-order valence-corrected chi connectivity index (χ3v) is 2.82. The highest BCUT2D eigenvalue weighted by Gasteiger charge is 2.07. The molecule has 84 valence electrons. The third kappa shape index (κ3) is 4.29. The average molecular weight is 228 g/mol. The number of nitrogens with one attached hydrogen (secondary N) is 1. The average Bonchev–Trinajstić information content (AvgIpc) is 2.60. The van der Waals surface area contributed by atoms with Gasteiger partial charge < -0.3 is 4.74 Å². The number of carbonyl (C=O) groups excluding carboxylic acids is 1. The number of carbonyl (C=O) groups is 1. The topological polar surface area (TPSA) is 51.2 Å². The predicted molar refractivity (Wildman–Crippen MR) is 61.3 cm³/mol. The first-order valence-electron chi connectivity index (χ1n) is 4.97. The van der Waals surface area contributed by atoms with Gasteiger partial charge in [0.15, 0.2) is 0 Å². The fourth-order valence-electron chi connectivity index (χ4n) is 0.897. The van der Waals surface area contributed by atoms with Crippen molar-refractivity contribution in [2.24, 2.45) is 5.92 Å². The number of amides is 1. The third-order valence-electron chi connectivity index (χ3n) is 2.05. The van der Waals surface area contributed by atoms with Crippen LogP contribution in [0.4, 0.5) is 10.6 Å². The van der Waals surface area contributed by atoms with E-state index in [2.05, 4.69) is 17.2 Å². The molecule has 0 spiro atoms. The second kappa shape index (κ2) is 5.70. The lowest BCUT2D eigenvalue weighted by Gasteiger charge is -2.09. The van der Waals surface area contributed by atoms with Crippen LogP contribution in [0.5, 0.6) is 0 Å². The largest absolute Gasteiger partial charge is 0.449 e. The van der Waals surface area contributed by atoms with Crippen LogP contribution in [0.1, 0.15) is 25.3 Å². The fourth-order valence-corrected chi connectivity index (χ4v) is 1.44. The molecule has 5 heteroatoms. The van der Waals surface area contributed by atoms with Crippen LogP contribution in [0.2, 0.25) is 0 Å². The highest BCUT2D eigenvalue weighted by Crippen LogP contribution is 2.12. The molecule has 0 saturated carbocycles. The SMILES string of the molecule is CC[C@@H](C)COC(=O)Nc1csc(C)n1. The molecule has 0 aliphatic heterocycles. The minimum Gasteiger partial charge on any atom is -0.449 e. The number of hydrogen-bond acceptors (Lipinski definition) is 4. The lowest BCUT2D eigenvalue weighted by molar-refractivity contribution is 0.143. The maximum Gasteiger partial charge on any atom is 0.412 e. The summed E-state index contributed by atoms with van der Waals surface area (Å²) in [4.78, 5) is 15.4. The van der Waals surface area contributed by atoms with Crippen molar-refractivity contribution in [3.8, 4) is 0 Å². The molecule has 1 aromatic heterocycles. The summed E-state index contributed by atoms with van der Waals surface area (Å²) in [6.45, 7) is 6.45. The highest BCUT2D eigenvalue weighted by atomic mass is 32.1. The normalized spacial score (nSPS) is 12.2. The van der Waals surface area contributed by atoms with E-state index in [1.807, 2.05) is 13.8 Å². The Labute approximate surface area is 93.7 Å². The first-order valence-corrected chi connectivity index (χ1v) is 5.85. The van der Waals surface area contributed by atoms with Crippen LogP contribution in [0.15, 0.2) is 5.38 Å². The van der Waals surface area contributed by atoms with Gasteiger partial charge in [-0.05, 0) is 12.8 Å². The molecule has 0 unspecified atom stereocenters. The van der Waals surface area contributed by atoms with Gasteiger partial charge in [-0.15, -0.1) is 11.3 Å². The number of rotatable bonds is 4. The molecule has 0 aliphatic carbocycles. The van der Waals surface area contributed by atoms with Crippen molar-refractivity contribution in [1.29, 1.82) is 0 Å². The number of thiazole rings is 1. The Balaban J connectivity index is 2.30. The zero-order valence-electron chi connectivity index (χ0n) is 9.24. The number of anilines is 1. The molecule has 4 nitrogen and oxygen atoms in total. The van der Waals surface area contributed by atoms with Gasteiger partial charge in [-0.1, -0.05) is 20.3 Å². The number of nitrogens with zero attached hydrogens (tertiary/aromatic N) is 1. The van der Waals surface area contributed by atoms with E-state index in [1.165, 1.54) is 11.3 Å². The monoisotopic (exact) mass is 228 g/mol. The van der Waals surface area contributed by atoms with E-state index < -0.39 is 6.09 Å². The summed E-state index contributed by atoms with van der Waals surface area (Å²) in [5.74, 6) is 0.958. The number of ether oxygens (including phenoxy) is 1. The summed E-state index contributed by atoms with van der Waals surface area (Å²) in [5.41, 5.74) is 0. The molecule has 1 amide bonds. The molecule has 1 atom stereocenters. The molecule has 0 radical (unpaired) electrons. The number of hydrogen-bond donors (Lipinski definition) is 1. The van der Waals surface area contributed by atoms with Gasteiger partial charge in [0.1, 0.15) is 5.82 Å². The van der Waals surface area contributed by atoms with Gasteiger partial charge in [0.25, 0.3) is 0 Å². The first kappa shape index (κ1) is 12.0. The molecule has 1 rings (SSSR count). The van der Waals surface area contributed by atoms with E-state index in [0.717, 1.165) is 11.4 Å². The van der Waals surface area contributed by atoms with Crippen LogP contribution in [-0.4, -0.2) is 17.7 Å². The number of aromatic nitrogens is 1. The van der Waals surface area contributed by atoms with E-state index in [4.69, 9.17) is 4.74 Å². The lowest BCUT2D eigenvalue weighted by atomic mass is 10.1. The Morgan fingerprint density at radius 3 is 3.00 bits per heavy atom. The molecular formula is C10H16N2O2S. The Hall–Kier alpha value is -1.10. The molecule has 1 aromatic rings. The Kier molecular flexibility index (Phi) is 4.55. The molecule has 0 aliphatic rings. The maximum absolute atomic E-state index is 11.3. The van der Waals surface area contributed by atoms with Crippen molar-refractivity contribution in [3.63, 3.8) is 0 Å². The minimum atomic E-state index is -0.430. The van der Waals surface area contributed by atoms with Gasteiger partial charge in [0.05, 0.1) is 11.6 Å². The summed E-state index contributed by atoms with van der Waals surface area (Å²) in [7, 11) is 0. The number of aryl methyl sites for hydroxylation is 1. The van der Waals surface area contributed by atoms with Crippen LogP contribution in [0.3, 0.4) is 0 Å². The molecular weight excluding hydrogens is 212 g/mol. The lowest BCUT2D eigenvalue weighted by Crippen LogP contribution is -2.17. The quantitative estimate of drug-likeness (QED) is 0.861. The van der Waals surface area contributed by atoms with Gasteiger partial charge >= 0.3 is 6.09 Å². The van der Waals surface area contributed by atoms with Crippen LogP contribution in [-0.2, 0) is 4.74 Å². The van der Waals surface area contributed by atoms with Gasteiger partial charge in [-0.25, -0.2) is 9.78 Å². The summed E-state index contributed by atoms with van der Waals surface area (Å²) in [6, 6.07) is 0. The molecule has 1 N–H and O–H groups in total. The van der Waals surface area contributed by atoms with E-state index in [1.54, 1.807) is 5.38 Å². The van der Waals surface area contributed by atoms with Crippen LogP contribution >= 0.6 is 11.3 Å². The molecule has 1 heterocycles. The van der Waals surface area contributed by atoms with Crippen molar-refractivity contribution in [2.45, 2.75) is 27.2 Å². The predicted octanol–water partition coefficient (Wildman–Crippen LogP) is 3.05. The summed E-state index contributed by atoms with van der Waals surface area (Å²) in [5, 5.41) is 5.30. The summed E-state index contributed by atoms with van der Waals surface area (Å²) in [6.07, 6.45) is 0.573. The Morgan fingerprint density at radius 1 is 1.73 bits per heavy atom. The fraction of sp³-hybridized carbons (Fsp3) is 0.600. The van der Waals surface area contributed by atoms with Crippen LogP contribution in [0.25, 0.3) is 0 Å². The zero-order chi connectivity index (χ0) is 11.3. The van der Waals surface area contributed by atoms with E-state index in [0.29, 0.717) is 18.3 Å². The van der Waals surface area contributed by atoms with E-state index >= 15 is 0 Å². The van der Waals surface area contributed by atoms with Crippen molar-refractivity contribution in [1.82, 2.24) is 4.98 Å². The molecule has 0 saturated heterocycles. The molecule has 0 aromatic carbocycles. The van der Waals surface area contributed by atoms with Crippen molar-refractivity contribution in [2.75, 3.05) is 11.9 Å². The standard InChI is InChI=1S/C10H16N2O2S/c1-4-7(2)5-14-10(13)12-9-6-15-8(3)11-9/h6-7H,4-5H2,1-3H3,(H,12,13)/t7-/m1/s1. The molecule has 0 fully saturated rings. The van der Waals surface area contributed by atoms with E-state index in [-0.39, 0.29) is 0 Å².